The second-order valence-electron chi connectivity index (χ2n) is 8.15. The quantitative estimate of drug-likeness (QED) is 0.245. The normalized spacial score (nSPS) is 11.4. The van der Waals surface area contributed by atoms with Crippen LogP contribution in [-0.2, 0) is 20.6 Å². The van der Waals surface area contributed by atoms with Gasteiger partial charge in [-0.05, 0) is 29.8 Å². The summed E-state index contributed by atoms with van der Waals surface area (Å²) in [6.45, 7) is 0.201. The third-order valence-electron chi connectivity index (χ3n) is 5.93. The Labute approximate surface area is 207 Å². The Morgan fingerprint density at radius 1 is 1.06 bits per heavy atom. The van der Waals surface area contributed by atoms with E-state index < -0.39 is 11.2 Å². The van der Waals surface area contributed by atoms with Crippen LogP contribution in [0.4, 0.5) is 4.39 Å². The van der Waals surface area contributed by atoms with Gasteiger partial charge in [0.15, 0.2) is 22.1 Å². The molecule has 0 fully saturated rings. The first kappa shape index (κ1) is 23.5. The number of hydrogen-bond donors (Lipinski definition) is 0. The zero-order chi connectivity index (χ0) is 25.6. The minimum atomic E-state index is -0.509. The number of benzene rings is 2. The van der Waals surface area contributed by atoms with Crippen molar-refractivity contribution in [2.75, 3.05) is 12.9 Å². The molecule has 0 atom stereocenters. The van der Waals surface area contributed by atoms with Gasteiger partial charge in [0.25, 0.3) is 5.56 Å². The van der Waals surface area contributed by atoms with Gasteiger partial charge in [-0.15, -0.1) is 10.2 Å². The molecule has 2 aromatic carbocycles. The highest BCUT2D eigenvalue weighted by atomic mass is 32.2. The van der Waals surface area contributed by atoms with Crippen molar-refractivity contribution in [3.8, 4) is 5.75 Å². The molecule has 3 heterocycles. The van der Waals surface area contributed by atoms with Gasteiger partial charge in [0, 0.05) is 19.7 Å². The lowest BCUT2D eigenvalue weighted by Gasteiger charge is -2.08. The van der Waals surface area contributed by atoms with E-state index in [0.717, 1.165) is 21.9 Å². The van der Waals surface area contributed by atoms with Gasteiger partial charge in [-0.3, -0.25) is 23.3 Å². The summed E-state index contributed by atoms with van der Waals surface area (Å²) in [5.74, 6) is 0.434. The van der Waals surface area contributed by atoms with E-state index in [2.05, 4.69) is 10.2 Å². The molecule has 0 spiro atoms. The minimum Gasteiger partial charge on any atom is -0.497 e. The second kappa shape index (κ2) is 9.11. The zero-order valence-electron chi connectivity index (χ0n) is 19.6. The van der Waals surface area contributed by atoms with E-state index in [4.69, 9.17) is 4.74 Å². The van der Waals surface area contributed by atoms with E-state index in [1.165, 1.54) is 30.9 Å². The van der Waals surface area contributed by atoms with E-state index in [1.807, 2.05) is 0 Å². The Kier molecular flexibility index (Phi) is 5.96. The lowest BCUT2D eigenvalue weighted by atomic mass is 10.1. The number of methoxy groups -OCH3 is 1. The van der Waals surface area contributed by atoms with Gasteiger partial charge in [-0.25, -0.2) is 13.6 Å². The Bertz CT molecular complexity index is 1750. The molecule has 0 saturated heterocycles. The van der Waals surface area contributed by atoms with Crippen molar-refractivity contribution in [2.45, 2.75) is 11.7 Å². The number of carbonyl (C=O) groups is 1. The van der Waals surface area contributed by atoms with Crippen molar-refractivity contribution in [1.29, 1.82) is 0 Å². The molecule has 12 heteroatoms. The van der Waals surface area contributed by atoms with Crippen LogP contribution in [0.15, 0.2) is 63.3 Å². The average Bonchev–Trinajstić information content (AvgIpc) is 3.44. The van der Waals surface area contributed by atoms with Crippen molar-refractivity contribution in [3.05, 3.63) is 86.3 Å². The number of halogens is 1. The number of imidazole rings is 1. The summed E-state index contributed by atoms with van der Waals surface area (Å²) in [5.41, 5.74) is 0.769. The first-order chi connectivity index (χ1) is 17.3. The van der Waals surface area contributed by atoms with Crippen LogP contribution in [0.2, 0.25) is 0 Å². The molecule has 5 aromatic rings. The van der Waals surface area contributed by atoms with E-state index in [9.17, 15) is 18.8 Å². The summed E-state index contributed by atoms with van der Waals surface area (Å²) in [7, 11) is 4.49. The molecule has 10 nitrogen and oxygen atoms in total. The van der Waals surface area contributed by atoms with Gasteiger partial charge >= 0.3 is 5.69 Å². The van der Waals surface area contributed by atoms with Gasteiger partial charge in [-0.2, -0.15) is 0 Å². The lowest BCUT2D eigenvalue weighted by Crippen LogP contribution is -2.37. The maximum Gasteiger partial charge on any atom is 0.332 e. The Morgan fingerprint density at radius 3 is 2.53 bits per heavy atom. The van der Waals surface area contributed by atoms with E-state index >= 15 is 0 Å². The van der Waals surface area contributed by atoms with Crippen molar-refractivity contribution >= 4 is 34.5 Å². The Balaban J connectivity index is 1.62. The largest absolute Gasteiger partial charge is 0.497 e. The van der Waals surface area contributed by atoms with Crippen LogP contribution in [-0.4, -0.2) is 46.9 Å². The van der Waals surface area contributed by atoms with Crippen LogP contribution in [0.25, 0.3) is 16.9 Å². The van der Waals surface area contributed by atoms with Crippen molar-refractivity contribution in [2.24, 2.45) is 14.1 Å². The third-order valence-corrected chi connectivity index (χ3v) is 6.86. The maximum absolute atomic E-state index is 13.4. The zero-order valence-corrected chi connectivity index (χ0v) is 20.5. The molecular weight excluding hydrogens is 487 g/mol. The lowest BCUT2D eigenvalue weighted by molar-refractivity contribution is 0.102. The molecule has 0 aliphatic heterocycles. The molecule has 0 bridgehead atoms. The number of rotatable bonds is 7. The van der Waals surface area contributed by atoms with Crippen LogP contribution in [0.1, 0.15) is 15.9 Å². The minimum absolute atomic E-state index is 0.0530. The van der Waals surface area contributed by atoms with Gasteiger partial charge in [0.1, 0.15) is 11.6 Å². The molecule has 0 N–H and O–H groups in total. The number of nitrogens with zero attached hydrogens (tertiary/aromatic N) is 6. The molecule has 3 aromatic heterocycles. The van der Waals surface area contributed by atoms with Crippen molar-refractivity contribution in [3.63, 3.8) is 0 Å². The number of aryl methyl sites for hydroxylation is 1. The standard InChI is InChI=1S/C24H21FN6O4S/c1-28-20-19(21(33)29(2)24(28)34)30(12-14-7-9-16(25)10-8-14)22-26-27-23(31(20)22)36-13-18(32)15-5-4-6-17(11-15)35-3/h4-11H,12-13H2,1-3H3. The summed E-state index contributed by atoms with van der Waals surface area (Å²) >= 11 is 1.15. The van der Waals surface area contributed by atoms with E-state index in [-0.39, 0.29) is 29.4 Å². The molecule has 0 amide bonds. The first-order valence-corrected chi connectivity index (χ1v) is 11.9. The number of aromatic nitrogens is 6. The van der Waals surface area contributed by atoms with Crippen LogP contribution >= 0.6 is 11.8 Å². The molecule has 0 saturated carbocycles. The van der Waals surface area contributed by atoms with Gasteiger partial charge < -0.3 is 4.74 Å². The maximum atomic E-state index is 13.4. The summed E-state index contributed by atoms with van der Waals surface area (Å²) in [5, 5.41) is 8.87. The third kappa shape index (κ3) is 3.88. The fraction of sp³-hybridized carbons (Fsp3) is 0.208. The average molecular weight is 509 g/mol. The first-order valence-electron chi connectivity index (χ1n) is 10.9. The number of thioether (sulfide) groups is 1. The smallest absolute Gasteiger partial charge is 0.332 e. The second-order valence-corrected chi connectivity index (χ2v) is 9.09. The number of fused-ring (bicyclic) bond motifs is 3. The van der Waals surface area contributed by atoms with Crippen molar-refractivity contribution < 1.29 is 13.9 Å². The Morgan fingerprint density at radius 2 is 1.81 bits per heavy atom. The monoisotopic (exact) mass is 508 g/mol. The van der Waals surface area contributed by atoms with Crippen LogP contribution in [0, 0.1) is 5.82 Å². The number of ketones is 1. The molecule has 0 aliphatic carbocycles. The molecule has 5 rings (SSSR count). The number of ether oxygens (including phenoxy) is 1. The van der Waals surface area contributed by atoms with Gasteiger partial charge in [0.2, 0.25) is 5.78 Å². The summed E-state index contributed by atoms with van der Waals surface area (Å²) in [6, 6.07) is 12.7. The topological polar surface area (TPSA) is 105 Å². The fourth-order valence-electron chi connectivity index (χ4n) is 4.06. The number of carbonyl (C=O) groups excluding carboxylic acids is 1. The van der Waals surface area contributed by atoms with Gasteiger partial charge in [-0.1, -0.05) is 36.0 Å². The SMILES string of the molecule is COc1cccc(C(=O)CSc2nnc3n(Cc4ccc(F)cc4)c4c(=O)n(C)c(=O)n(C)c4n23)c1. The number of Topliss-reactive ketones (excluding diaryl/α,β-unsaturated/α-hetero) is 1. The predicted octanol–water partition coefficient (Wildman–Crippen LogP) is 2.25. The van der Waals surface area contributed by atoms with Crippen LogP contribution < -0.4 is 16.0 Å². The molecule has 36 heavy (non-hydrogen) atoms. The van der Waals surface area contributed by atoms with Crippen LogP contribution in [0.3, 0.4) is 0 Å². The molecule has 0 radical (unpaired) electrons. The van der Waals surface area contributed by atoms with E-state index in [0.29, 0.717) is 27.9 Å². The highest BCUT2D eigenvalue weighted by Gasteiger charge is 2.24. The Hall–Kier alpha value is -4.19. The molecule has 0 aliphatic rings. The fourth-order valence-corrected chi connectivity index (χ4v) is 4.88. The summed E-state index contributed by atoms with van der Waals surface area (Å²) < 4.78 is 24.3. The molecular formula is C24H21FN6O4S. The summed E-state index contributed by atoms with van der Waals surface area (Å²) in [4.78, 5) is 38.8. The number of hydrogen-bond acceptors (Lipinski definition) is 7. The molecule has 184 valence electrons. The highest BCUT2D eigenvalue weighted by molar-refractivity contribution is 7.99. The van der Waals surface area contributed by atoms with Crippen LogP contribution in [0.5, 0.6) is 5.75 Å². The molecule has 0 unspecified atom stereocenters. The van der Waals surface area contributed by atoms with E-state index in [1.54, 1.807) is 52.4 Å². The predicted molar refractivity (Wildman–Crippen MR) is 133 cm³/mol. The summed E-state index contributed by atoms with van der Waals surface area (Å²) in [6.07, 6.45) is 0. The van der Waals surface area contributed by atoms with Gasteiger partial charge in [0.05, 0.1) is 19.4 Å². The highest BCUT2D eigenvalue weighted by Crippen LogP contribution is 2.25. The van der Waals surface area contributed by atoms with Crippen molar-refractivity contribution in [1.82, 2.24) is 28.3 Å².